The van der Waals surface area contributed by atoms with E-state index in [-0.39, 0.29) is 34.6 Å². The monoisotopic (exact) mass is 572 g/mol. The molecule has 4 rings (SSSR count). The number of nitrogens with zero attached hydrogens (tertiary/aromatic N) is 1. The summed E-state index contributed by atoms with van der Waals surface area (Å²) in [5, 5.41) is 2.88. The first-order valence-corrected chi connectivity index (χ1v) is 15.2. The van der Waals surface area contributed by atoms with Gasteiger partial charge in [-0.1, -0.05) is 45.0 Å². The van der Waals surface area contributed by atoms with E-state index in [9.17, 15) is 26.4 Å². The Hall–Kier alpha value is -3.33. The highest BCUT2D eigenvalue weighted by Crippen LogP contribution is 2.45. The van der Waals surface area contributed by atoms with Crippen molar-refractivity contribution in [3.05, 3.63) is 95.1 Å². The van der Waals surface area contributed by atoms with Crippen LogP contribution in [-0.4, -0.2) is 32.2 Å². The molecule has 1 atom stereocenters. The summed E-state index contributed by atoms with van der Waals surface area (Å²) in [5.74, 6) is -0.105. The molecule has 1 aliphatic rings. The van der Waals surface area contributed by atoms with E-state index < -0.39 is 21.6 Å². The molecule has 0 spiro atoms. The fourth-order valence-electron chi connectivity index (χ4n) is 5.57. The zero-order valence-electron chi connectivity index (χ0n) is 23.0. The number of amides is 1. The largest absolute Gasteiger partial charge is 0.416 e. The fraction of sp³-hybridized carbons (Fsp3) is 0.387. The van der Waals surface area contributed by atoms with Gasteiger partial charge in [0.05, 0.1) is 16.2 Å². The molecule has 0 radical (unpaired) electrons. The Morgan fingerprint density at radius 2 is 1.52 bits per heavy atom. The molecule has 1 aliphatic heterocycles. The Labute approximate surface area is 234 Å². The average Bonchev–Trinajstić information content (AvgIpc) is 3.36. The Kier molecular flexibility index (Phi) is 8.63. The Balaban J connectivity index is 1.45. The van der Waals surface area contributed by atoms with Gasteiger partial charge in [0.25, 0.3) is 5.91 Å². The van der Waals surface area contributed by atoms with E-state index in [0.29, 0.717) is 12.1 Å². The topological polar surface area (TPSA) is 66.5 Å². The van der Waals surface area contributed by atoms with Gasteiger partial charge in [0.1, 0.15) is 0 Å². The number of hydrogen-bond acceptors (Lipinski definition) is 4. The van der Waals surface area contributed by atoms with Crippen LogP contribution in [0.5, 0.6) is 0 Å². The quantitative estimate of drug-likeness (QED) is 0.300. The van der Waals surface area contributed by atoms with Crippen LogP contribution in [0.15, 0.2) is 77.7 Å². The van der Waals surface area contributed by atoms with Gasteiger partial charge in [-0.05, 0) is 78.9 Å². The minimum Gasteiger partial charge on any atom is -0.365 e. The van der Waals surface area contributed by atoms with Crippen molar-refractivity contribution in [3.63, 3.8) is 0 Å². The predicted molar refractivity (Wildman–Crippen MR) is 151 cm³/mol. The van der Waals surface area contributed by atoms with Crippen molar-refractivity contribution in [2.45, 2.75) is 69.1 Å². The summed E-state index contributed by atoms with van der Waals surface area (Å²) < 4.78 is 63.1. The van der Waals surface area contributed by atoms with Crippen molar-refractivity contribution < 1.29 is 26.4 Å². The minimum absolute atomic E-state index is 0.0316. The summed E-state index contributed by atoms with van der Waals surface area (Å²) in [6.07, 6.45) is -1.73. The van der Waals surface area contributed by atoms with Gasteiger partial charge in [0.2, 0.25) is 0 Å². The summed E-state index contributed by atoms with van der Waals surface area (Å²) in [4.78, 5) is 15.4. The highest BCUT2D eigenvalue weighted by molar-refractivity contribution is 7.91. The molecule has 0 bridgehead atoms. The second kappa shape index (κ2) is 11.6. The third-order valence-corrected chi connectivity index (χ3v) is 9.93. The summed E-state index contributed by atoms with van der Waals surface area (Å²) in [6.45, 7) is 6.82. The molecule has 40 heavy (non-hydrogen) atoms. The molecular weight excluding hydrogens is 537 g/mol. The molecule has 0 aliphatic carbocycles. The molecule has 1 saturated heterocycles. The number of rotatable bonds is 9. The van der Waals surface area contributed by atoms with Crippen LogP contribution in [0.25, 0.3) is 0 Å². The van der Waals surface area contributed by atoms with Gasteiger partial charge in [-0.3, -0.25) is 4.79 Å². The van der Waals surface area contributed by atoms with Crippen LogP contribution in [-0.2, 0) is 22.6 Å². The lowest BCUT2D eigenvalue weighted by Crippen LogP contribution is -2.43. The molecule has 1 N–H and O–H groups in total. The van der Waals surface area contributed by atoms with E-state index in [4.69, 9.17) is 0 Å². The fourth-order valence-corrected chi connectivity index (χ4v) is 6.46. The number of carbonyl (C=O) groups excluding carboxylic acids is 1. The Bertz CT molecular complexity index is 1410. The van der Waals surface area contributed by atoms with Crippen LogP contribution in [0, 0.1) is 0 Å². The lowest BCUT2D eigenvalue weighted by molar-refractivity contribution is -0.137. The molecule has 1 fully saturated rings. The third-order valence-electron chi connectivity index (χ3n) is 8.18. The standard InChI is InChI=1S/C31H35F3N2O3S/c1-4-30(5-2)19-25(23-9-13-26(14-10-23)31(32,33)34)21-36(30)27-15-11-24(12-16-27)29(37)35-20-22-7-17-28(18-8-22)40(38,39)6-3/h7-18,25H,4-6,19-21H2,1-3H3,(H,35,37). The first kappa shape index (κ1) is 29.6. The van der Waals surface area contributed by atoms with Gasteiger partial charge in [-0.2, -0.15) is 13.2 Å². The van der Waals surface area contributed by atoms with E-state index in [0.717, 1.165) is 48.2 Å². The average molecular weight is 573 g/mol. The number of benzene rings is 3. The van der Waals surface area contributed by atoms with Crippen molar-refractivity contribution in [1.82, 2.24) is 5.32 Å². The normalized spacial score (nSPS) is 17.1. The summed E-state index contributed by atoms with van der Waals surface area (Å²) in [6, 6.07) is 19.4. The first-order valence-electron chi connectivity index (χ1n) is 13.6. The van der Waals surface area contributed by atoms with Crippen LogP contribution in [0.3, 0.4) is 0 Å². The zero-order chi connectivity index (χ0) is 29.1. The van der Waals surface area contributed by atoms with Gasteiger partial charge < -0.3 is 10.2 Å². The number of alkyl halides is 3. The van der Waals surface area contributed by atoms with E-state index >= 15 is 0 Å². The highest BCUT2D eigenvalue weighted by Gasteiger charge is 2.43. The number of sulfone groups is 1. The van der Waals surface area contributed by atoms with Crippen molar-refractivity contribution >= 4 is 21.4 Å². The molecular formula is C31H35F3N2O3S. The maximum absolute atomic E-state index is 13.0. The van der Waals surface area contributed by atoms with Gasteiger partial charge in [-0.25, -0.2) is 8.42 Å². The Morgan fingerprint density at radius 1 is 0.925 bits per heavy atom. The van der Waals surface area contributed by atoms with Crippen molar-refractivity contribution in [2.75, 3.05) is 17.2 Å². The second-order valence-electron chi connectivity index (χ2n) is 10.3. The molecule has 1 amide bonds. The van der Waals surface area contributed by atoms with Crippen LogP contribution in [0.1, 0.15) is 73.0 Å². The van der Waals surface area contributed by atoms with Crippen LogP contribution in [0.2, 0.25) is 0 Å². The number of carbonyl (C=O) groups is 1. The Morgan fingerprint density at radius 3 is 2.05 bits per heavy atom. The van der Waals surface area contributed by atoms with Crippen molar-refractivity contribution in [3.8, 4) is 0 Å². The third kappa shape index (κ3) is 6.19. The van der Waals surface area contributed by atoms with Crippen molar-refractivity contribution in [2.24, 2.45) is 0 Å². The van der Waals surface area contributed by atoms with Gasteiger partial charge in [0, 0.05) is 35.8 Å². The molecule has 1 unspecified atom stereocenters. The zero-order valence-corrected chi connectivity index (χ0v) is 23.8. The molecule has 214 valence electrons. The highest BCUT2D eigenvalue weighted by atomic mass is 32.2. The summed E-state index contributed by atoms with van der Waals surface area (Å²) >= 11 is 0. The van der Waals surface area contributed by atoms with E-state index in [2.05, 4.69) is 24.1 Å². The van der Waals surface area contributed by atoms with Gasteiger partial charge in [0.15, 0.2) is 9.84 Å². The molecule has 0 saturated carbocycles. The van der Waals surface area contributed by atoms with Crippen LogP contribution >= 0.6 is 0 Å². The predicted octanol–water partition coefficient (Wildman–Crippen LogP) is 6.98. The van der Waals surface area contributed by atoms with Gasteiger partial charge in [-0.15, -0.1) is 0 Å². The van der Waals surface area contributed by atoms with Gasteiger partial charge >= 0.3 is 6.18 Å². The lowest BCUT2D eigenvalue weighted by Gasteiger charge is -2.39. The smallest absolute Gasteiger partial charge is 0.365 e. The van der Waals surface area contributed by atoms with Crippen molar-refractivity contribution in [1.29, 1.82) is 0 Å². The summed E-state index contributed by atoms with van der Waals surface area (Å²) in [5.41, 5.74) is 2.40. The molecule has 9 heteroatoms. The lowest BCUT2D eigenvalue weighted by atomic mass is 9.84. The molecule has 3 aromatic rings. The van der Waals surface area contributed by atoms with E-state index in [1.165, 1.54) is 0 Å². The minimum atomic E-state index is -4.35. The second-order valence-corrected chi connectivity index (χ2v) is 12.6. The van der Waals surface area contributed by atoms with E-state index in [1.54, 1.807) is 55.5 Å². The maximum Gasteiger partial charge on any atom is 0.416 e. The van der Waals surface area contributed by atoms with Crippen LogP contribution in [0.4, 0.5) is 18.9 Å². The molecule has 0 aromatic heterocycles. The summed E-state index contributed by atoms with van der Waals surface area (Å²) in [7, 11) is -3.27. The number of anilines is 1. The first-order chi connectivity index (χ1) is 18.9. The molecule has 1 heterocycles. The molecule has 3 aromatic carbocycles. The number of hydrogen-bond donors (Lipinski definition) is 1. The molecule has 5 nitrogen and oxygen atoms in total. The maximum atomic E-state index is 13.0. The van der Waals surface area contributed by atoms with Crippen LogP contribution < -0.4 is 10.2 Å². The number of nitrogens with one attached hydrogen (secondary N) is 1. The van der Waals surface area contributed by atoms with E-state index in [1.807, 2.05) is 12.1 Å². The number of halogens is 3. The SMILES string of the molecule is CCC1(CC)CC(c2ccc(C(F)(F)F)cc2)CN1c1ccc(C(=O)NCc2ccc(S(=O)(=O)CC)cc2)cc1.